The zero-order valence-corrected chi connectivity index (χ0v) is 12.5. The predicted molar refractivity (Wildman–Crippen MR) is 79.0 cm³/mol. The zero-order valence-electron chi connectivity index (χ0n) is 11.8. The van der Waals surface area contributed by atoms with Gasteiger partial charge in [0, 0.05) is 30.6 Å². The highest BCUT2D eigenvalue weighted by molar-refractivity contribution is 6.17. The molecule has 1 aliphatic heterocycles. The molecule has 1 atom stereocenters. The summed E-state index contributed by atoms with van der Waals surface area (Å²) in [6.07, 6.45) is 1.81. The van der Waals surface area contributed by atoms with Crippen molar-refractivity contribution in [3.63, 3.8) is 0 Å². The lowest BCUT2D eigenvalue weighted by atomic mass is 10.1. The summed E-state index contributed by atoms with van der Waals surface area (Å²) >= 11 is 5.72. The molecule has 1 aliphatic rings. The number of benzene rings is 1. The van der Waals surface area contributed by atoms with Crippen molar-refractivity contribution in [3.05, 3.63) is 33.9 Å². The van der Waals surface area contributed by atoms with Gasteiger partial charge in [-0.15, -0.1) is 11.6 Å². The number of methoxy groups -OCH3 is 1. The van der Waals surface area contributed by atoms with Gasteiger partial charge in [0.25, 0.3) is 5.91 Å². The van der Waals surface area contributed by atoms with E-state index in [4.69, 9.17) is 16.3 Å². The second-order valence-electron chi connectivity index (χ2n) is 5.03. The second-order valence-corrected chi connectivity index (χ2v) is 5.41. The molecule has 0 spiro atoms. The first-order valence-electron chi connectivity index (χ1n) is 6.74. The molecule has 0 aromatic heterocycles. The van der Waals surface area contributed by atoms with Gasteiger partial charge in [0.15, 0.2) is 5.75 Å². The quantitative estimate of drug-likeness (QED) is 0.476. The summed E-state index contributed by atoms with van der Waals surface area (Å²) in [7, 11) is 1.36. The SMILES string of the molecule is COc1ccc(C(=O)N2CCC(CCCl)C2)cc1[N+](=O)[O-]. The minimum absolute atomic E-state index is 0.151. The Kier molecular flexibility index (Phi) is 5.01. The van der Waals surface area contributed by atoms with Gasteiger partial charge in [-0.1, -0.05) is 0 Å². The minimum Gasteiger partial charge on any atom is -0.490 e. The maximum absolute atomic E-state index is 12.4. The molecule has 0 bridgehead atoms. The molecule has 1 aromatic carbocycles. The van der Waals surface area contributed by atoms with Crippen molar-refractivity contribution in [2.75, 3.05) is 26.1 Å². The van der Waals surface area contributed by atoms with E-state index in [1.54, 1.807) is 11.0 Å². The van der Waals surface area contributed by atoms with Gasteiger partial charge in [-0.25, -0.2) is 0 Å². The van der Waals surface area contributed by atoms with Gasteiger partial charge >= 0.3 is 5.69 Å². The van der Waals surface area contributed by atoms with Gasteiger partial charge in [-0.3, -0.25) is 14.9 Å². The van der Waals surface area contributed by atoms with E-state index in [1.165, 1.54) is 19.2 Å². The van der Waals surface area contributed by atoms with Crippen LogP contribution in [-0.2, 0) is 0 Å². The van der Waals surface area contributed by atoms with Crippen LogP contribution in [0.4, 0.5) is 5.69 Å². The van der Waals surface area contributed by atoms with Crippen molar-refractivity contribution in [2.45, 2.75) is 12.8 Å². The number of nitrogens with zero attached hydrogens (tertiary/aromatic N) is 2. The highest BCUT2D eigenvalue weighted by Gasteiger charge is 2.28. The first-order valence-corrected chi connectivity index (χ1v) is 7.28. The van der Waals surface area contributed by atoms with Crippen molar-refractivity contribution in [3.8, 4) is 5.75 Å². The largest absolute Gasteiger partial charge is 0.490 e. The number of carbonyl (C=O) groups excluding carboxylic acids is 1. The predicted octanol–water partition coefficient (Wildman–Crippen LogP) is 2.69. The van der Waals surface area contributed by atoms with Crippen LogP contribution in [0.3, 0.4) is 0 Å². The number of likely N-dealkylation sites (tertiary alicyclic amines) is 1. The van der Waals surface area contributed by atoms with Crippen LogP contribution in [0, 0.1) is 16.0 Å². The van der Waals surface area contributed by atoms with Gasteiger partial charge in [0.2, 0.25) is 0 Å². The lowest BCUT2D eigenvalue weighted by Crippen LogP contribution is -2.28. The van der Waals surface area contributed by atoms with Crippen molar-refractivity contribution < 1.29 is 14.5 Å². The van der Waals surface area contributed by atoms with E-state index in [1.807, 2.05) is 0 Å². The summed E-state index contributed by atoms with van der Waals surface area (Å²) in [5.74, 6) is 0.969. The van der Waals surface area contributed by atoms with E-state index in [-0.39, 0.29) is 17.3 Å². The lowest BCUT2D eigenvalue weighted by molar-refractivity contribution is -0.385. The molecular formula is C14H17ClN2O4. The topological polar surface area (TPSA) is 72.7 Å². The van der Waals surface area contributed by atoms with Crippen molar-refractivity contribution in [1.29, 1.82) is 0 Å². The van der Waals surface area contributed by atoms with E-state index in [0.717, 1.165) is 12.8 Å². The molecule has 1 amide bonds. The molecule has 7 heteroatoms. The molecule has 114 valence electrons. The minimum atomic E-state index is -0.546. The van der Waals surface area contributed by atoms with Crippen LogP contribution in [0.15, 0.2) is 18.2 Å². The smallest absolute Gasteiger partial charge is 0.311 e. The van der Waals surface area contributed by atoms with Gasteiger partial charge in [0.1, 0.15) is 0 Å². The lowest BCUT2D eigenvalue weighted by Gasteiger charge is -2.16. The van der Waals surface area contributed by atoms with E-state index < -0.39 is 4.92 Å². The third-order valence-corrected chi connectivity index (χ3v) is 3.93. The van der Waals surface area contributed by atoms with Crippen LogP contribution in [-0.4, -0.2) is 41.8 Å². The fourth-order valence-corrected chi connectivity index (χ4v) is 2.86. The molecule has 0 aliphatic carbocycles. The molecule has 2 rings (SSSR count). The van der Waals surface area contributed by atoms with Gasteiger partial charge in [-0.2, -0.15) is 0 Å². The first-order chi connectivity index (χ1) is 10.1. The molecule has 21 heavy (non-hydrogen) atoms. The number of ether oxygens (including phenoxy) is 1. The highest BCUT2D eigenvalue weighted by Crippen LogP contribution is 2.29. The monoisotopic (exact) mass is 312 g/mol. The summed E-state index contributed by atoms with van der Waals surface area (Å²) in [4.78, 5) is 24.6. The number of carbonyl (C=O) groups is 1. The van der Waals surface area contributed by atoms with Crippen LogP contribution in [0.5, 0.6) is 5.75 Å². The van der Waals surface area contributed by atoms with Crippen molar-refractivity contribution in [2.24, 2.45) is 5.92 Å². The Morgan fingerprint density at radius 3 is 2.95 bits per heavy atom. The summed E-state index contributed by atoms with van der Waals surface area (Å²) < 4.78 is 4.93. The summed E-state index contributed by atoms with van der Waals surface area (Å²) in [5.41, 5.74) is 0.119. The Morgan fingerprint density at radius 2 is 2.33 bits per heavy atom. The number of nitro groups is 1. The van der Waals surface area contributed by atoms with E-state index in [2.05, 4.69) is 0 Å². The van der Waals surface area contributed by atoms with Gasteiger partial charge < -0.3 is 9.64 Å². The Balaban J connectivity index is 2.17. The van der Waals surface area contributed by atoms with Crippen LogP contribution >= 0.6 is 11.6 Å². The molecule has 0 radical (unpaired) electrons. The van der Waals surface area contributed by atoms with E-state index in [0.29, 0.717) is 30.5 Å². The molecule has 0 saturated carbocycles. The maximum Gasteiger partial charge on any atom is 0.311 e. The number of halogens is 1. The molecule has 1 unspecified atom stereocenters. The maximum atomic E-state index is 12.4. The van der Waals surface area contributed by atoms with Gasteiger partial charge in [-0.05, 0) is 30.9 Å². The standard InChI is InChI=1S/C14H17ClN2O4/c1-21-13-3-2-11(8-12(13)17(19)20)14(18)16-7-5-10(9-16)4-6-15/h2-3,8,10H,4-7,9H2,1H3. The fourth-order valence-electron chi connectivity index (χ4n) is 2.56. The normalized spacial score (nSPS) is 17.8. The fraction of sp³-hybridized carbons (Fsp3) is 0.500. The van der Waals surface area contributed by atoms with Gasteiger partial charge in [0.05, 0.1) is 12.0 Å². The van der Waals surface area contributed by atoms with Crippen LogP contribution in [0.2, 0.25) is 0 Å². The second kappa shape index (κ2) is 6.76. The number of hydrogen-bond acceptors (Lipinski definition) is 4. The van der Waals surface area contributed by atoms with Crippen molar-refractivity contribution in [1.82, 2.24) is 4.90 Å². The Labute approximate surface area is 127 Å². The summed E-state index contributed by atoms with van der Waals surface area (Å²) in [6, 6.07) is 4.29. The first kappa shape index (κ1) is 15.6. The number of nitro benzene ring substituents is 1. The molecule has 1 saturated heterocycles. The average Bonchev–Trinajstić information content (AvgIpc) is 2.94. The number of hydrogen-bond donors (Lipinski definition) is 0. The zero-order chi connectivity index (χ0) is 15.4. The molecule has 1 fully saturated rings. The average molecular weight is 313 g/mol. The summed E-state index contributed by atoms with van der Waals surface area (Å²) in [6.45, 7) is 1.32. The number of rotatable bonds is 5. The third kappa shape index (κ3) is 3.44. The third-order valence-electron chi connectivity index (χ3n) is 3.71. The number of alkyl halides is 1. The Bertz CT molecular complexity index is 550. The molecule has 6 nitrogen and oxygen atoms in total. The Hall–Kier alpha value is -1.82. The van der Waals surface area contributed by atoms with E-state index >= 15 is 0 Å². The molecular weight excluding hydrogens is 296 g/mol. The van der Waals surface area contributed by atoms with Crippen LogP contribution in [0.25, 0.3) is 0 Å². The molecule has 0 N–H and O–H groups in total. The van der Waals surface area contributed by atoms with Crippen LogP contribution < -0.4 is 4.74 Å². The number of amides is 1. The van der Waals surface area contributed by atoms with E-state index in [9.17, 15) is 14.9 Å². The molecule has 1 aromatic rings. The summed E-state index contributed by atoms with van der Waals surface area (Å²) in [5, 5.41) is 11.0. The molecule has 1 heterocycles. The highest BCUT2D eigenvalue weighted by atomic mass is 35.5. The van der Waals surface area contributed by atoms with Crippen molar-refractivity contribution >= 4 is 23.2 Å². The Morgan fingerprint density at radius 1 is 1.57 bits per heavy atom. The van der Waals surface area contributed by atoms with Crippen LogP contribution in [0.1, 0.15) is 23.2 Å².